The van der Waals surface area contributed by atoms with Crippen LogP contribution in [0.2, 0.25) is 0 Å². The highest BCUT2D eigenvalue weighted by atomic mass is 19.1. The SMILES string of the molecule is Cc1ccc(F)c(C(=O)N2CCC(N)CC2C)c1F. The summed E-state index contributed by atoms with van der Waals surface area (Å²) in [5, 5.41) is 0. The molecule has 0 spiro atoms. The molecule has 2 rings (SSSR count). The third-order valence-corrected chi connectivity index (χ3v) is 3.68. The topological polar surface area (TPSA) is 46.3 Å². The second-order valence-electron chi connectivity index (χ2n) is 5.19. The quantitative estimate of drug-likeness (QED) is 0.849. The molecular weight excluding hydrogens is 250 g/mol. The summed E-state index contributed by atoms with van der Waals surface area (Å²) in [6.07, 6.45) is 1.31. The van der Waals surface area contributed by atoms with E-state index in [9.17, 15) is 13.6 Å². The van der Waals surface area contributed by atoms with Gasteiger partial charge in [0.25, 0.3) is 5.91 Å². The molecule has 1 aromatic carbocycles. The maximum Gasteiger partial charge on any atom is 0.260 e. The van der Waals surface area contributed by atoms with Gasteiger partial charge in [0.15, 0.2) is 0 Å². The van der Waals surface area contributed by atoms with E-state index in [1.54, 1.807) is 0 Å². The Morgan fingerprint density at radius 2 is 2.11 bits per heavy atom. The minimum absolute atomic E-state index is 0.0475. The molecule has 19 heavy (non-hydrogen) atoms. The molecule has 0 aliphatic carbocycles. The molecule has 1 amide bonds. The van der Waals surface area contributed by atoms with E-state index in [-0.39, 0.29) is 17.6 Å². The molecule has 5 heteroatoms. The summed E-state index contributed by atoms with van der Waals surface area (Å²) in [5.41, 5.74) is 5.64. The number of nitrogens with zero attached hydrogens (tertiary/aromatic N) is 1. The summed E-state index contributed by atoms with van der Waals surface area (Å²) in [6, 6.07) is 2.41. The first-order chi connectivity index (χ1) is 8.91. The van der Waals surface area contributed by atoms with Gasteiger partial charge in [-0.15, -0.1) is 0 Å². The first-order valence-corrected chi connectivity index (χ1v) is 6.43. The van der Waals surface area contributed by atoms with Crippen LogP contribution in [0, 0.1) is 18.6 Å². The summed E-state index contributed by atoms with van der Waals surface area (Å²) in [6.45, 7) is 3.80. The first kappa shape index (κ1) is 13.9. The Morgan fingerprint density at radius 1 is 1.42 bits per heavy atom. The Labute approximate surface area is 111 Å². The molecule has 0 aromatic heterocycles. The van der Waals surface area contributed by atoms with Gasteiger partial charge in [-0.25, -0.2) is 8.78 Å². The summed E-state index contributed by atoms with van der Waals surface area (Å²) >= 11 is 0. The molecule has 1 fully saturated rings. The van der Waals surface area contributed by atoms with Gasteiger partial charge in [-0.1, -0.05) is 6.07 Å². The van der Waals surface area contributed by atoms with Crippen molar-refractivity contribution in [1.82, 2.24) is 4.90 Å². The highest BCUT2D eigenvalue weighted by molar-refractivity contribution is 5.95. The number of aryl methyl sites for hydroxylation is 1. The van der Waals surface area contributed by atoms with Crippen LogP contribution in [-0.2, 0) is 0 Å². The number of rotatable bonds is 1. The van der Waals surface area contributed by atoms with Crippen LogP contribution < -0.4 is 5.73 Å². The van der Waals surface area contributed by atoms with Crippen molar-refractivity contribution < 1.29 is 13.6 Å². The van der Waals surface area contributed by atoms with Gasteiger partial charge in [-0.05, 0) is 38.3 Å². The summed E-state index contributed by atoms with van der Waals surface area (Å²) in [5.74, 6) is -2.17. The highest BCUT2D eigenvalue weighted by Gasteiger charge is 2.31. The van der Waals surface area contributed by atoms with E-state index < -0.39 is 23.1 Å². The average Bonchev–Trinajstić information content (AvgIpc) is 2.34. The lowest BCUT2D eigenvalue weighted by Crippen LogP contribution is -2.48. The smallest absolute Gasteiger partial charge is 0.260 e. The van der Waals surface area contributed by atoms with Crippen molar-refractivity contribution in [2.24, 2.45) is 5.73 Å². The second-order valence-corrected chi connectivity index (χ2v) is 5.19. The fourth-order valence-corrected chi connectivity index (χ4v) is 2.51. The lowest BCUT2D eigenvalue weighted by atomic mass is 9.97. The zero-order chi connectivity index (χ0) is 14.2. The molecule has 1 saturated heterocycles. The Hall–Kier alpha value is -1.49. The maximum absolute atomic E-state index is 14.0. The number of nitrogens with two attached hydrogens (primary N) is 1. The van der Waals surface area contributed by atoms with Crippen LogP contribution in [0.4, 0.5) is 8.78 Å². The predicted octanol–water partition coefficient (Wildman–Crippen LogP) is 2.23. The van der Waals surface area contributed by atoms with E-state index in [0.717, 1.165) is 6.07 Å². The summed E-state index contributed by atoms with van der Waals surface area (Å²) in [4.78, 5) is 13.8. The zero-order valence-electron chi connectivity index (χ0n) is 11.1. The fraction of sp³-hybridized carbons (Fsp3) is 0.500. The third-order valence-electron chi connectivity index (χ3n) is 3.68. The number of amides is 1. The van der Waals surface area contributed by atoms with Crippen molar-refractivity contribution in [1.29, 1.82) is 0 Å². The van der Waals surface area contributed by atoms with Gasteiger partial charge in [0.1, 0.15) is 17.2 Å². The second kappa shape index (κ2) is 5.25. The molecular formula is C14H18F2N2O. The Kier molecular flexibility index (Phi) is 3.85. The van der Waals surface area contributed by atoms with Crippen molar-refractivity contribution in [3.63, 3.8) is 0 Å². The van der Waals surface area contributed by atoms with E-state index in [2.05, 4.69) is 0 Å². The van der Waals surface area contributed by atoms with Crippen molar-refractivity contribution >= 4 is 5.91 Å². The molecule has 0 bridgehead atoms. The van der Waals surface area contributed by atoms with Crippen LogP contribution in [0.25, 0.3) is 0 Å². The van der Waals surface area contributed by atoms with Crippen LogP contribution in [0.3, 0.4) is 0 Å². The van der Waals surface area contributed by atoms with E-state index in [4.69, 9.17) is 5.73 Å². The van der Waals surface area contributed by atoms with Crippen molar-refractivity contribution in [3.8, 4) is 0 Å². The van der Waals surface area contributed by atoms with Crippen LogP contribution in [0.1, 0.15) is 35.7 Å². The van der Waals surface area contributed by atoms with Crippen molar-refractivity contribution in [2.75, 3.05) is 6.54 Å². The first-order valence-electron chi connectivity index (χ1n) is 6.43. The molecule has 2 atom stereocenters. The molecule has 1 aliphatic rings. The van der Waals surface area contributed by atoms with Crippen molar-refractivity contribution in [3.05, 3.63) is 34.9 Å². The van der Waals surface area contributed by atoms with Crippen LogP contribution in [0.5, 0.6) is 0 Å². The Balaban J connectivity index is 2.32. The molecule has 2 unspecified atom stereocenters. The van der Waals surface area contributed by atoms with Crippen molar-refractivity contribution in [2.45, 2.75) is 38.8 Å². The van der Waals surface area contributed by atoms with Gasteiger partial charge < -0.3 is 10.6 Å². The predicted molar refractivity (Wildman–Crippen MR) is 68.8 cm³/mol. The number of hydrogen-bond acceptors (Lipinski definition) is 2. The number of piperidine rings is 1. The van der Waals surface area contributed by atoms with Gasteiger partial charge >= 0.3 is 0 Å². The number of halogens is 2. The zero-order valence-corrected chi connectivity index (χ0v) is 11.1. The number of benzene rings is 1. The molecule has 1 heterocycles. The third kappa shape index (κ3) is 2.61. The molecule has 1 aliphatic heterocycles. The van der Waals surface area contributed by atoms with E-state index in [1.807, 2.05) is 6.92 Å². The van der Waals surface area contributed by atoms with Gasteiger partial charge in [-0.3, -0.25) is 4.79 Å². The van der Waals surface area contributed by atoms with E-state index in [1.165, 1.54) is 17.9 Å². The minimum atomic E-state index is -0.810. The molecule has 0 saturated carbocycles. The molecule has 2 N–H and O–H groups in total. The van der Waals surface area contributed by atoms with E-state index in [0.29, 0.717) is 19.4 Å². The molecule has 104 valence electrons. The Morgan fingerprint density at radius 3 is 2.74 bits per heavy atom. The highest BCUT2D eigenvalue weighted by Crippen LogP contribution is 2.23. The van der Waals surface area contributed by atoms with Crippen LogP contribution in [-0.4, -0.2) is 29.4 Å². The number of carbonyl (C=O) groups excluding carboxylic acids is 1. The molecule has 1 aromatic rings. The number of likely N-dealkylation sites (tertiary alicyclic amines) is 1. The summed E-state index contributed by atoms with van der Waals surface area (Å²) < 4.78 is 27.7. The average molecular weight is 268 g/mol. The normalized spacial score (nSPS) is 23.5. The van der Waals surface area contributed by atoms with Gasteiger partial charge in [0.05, 0.1) is 0 Å². The fourth-order valence-electron chi connectivity index (χ4n) is 2.51. The van der Waals surface area contributed by atoms with Gasteiger partial charge in [0.2, 0.25) is 0 Å². The number of carbonyl (C=O) groups is 1. The Bertz CT molecular complexity index is 504. The summed E-state index contributed by atoms with van der Waals surface area (Å²) in [7, 11) is 0. The lowest BCUT2D eigenvalue weighted by Gasteiger charge is -2.36. The monoisotopic (exact) mass is 268 g/mol. The van der Waals surface area contributed by atoms with Gasteiger partial charge in [0, 0.05) is 18.6 Å². The molecule has 3 nitrogen and oxygen atoms in total. The van der Waals surface area contributed by atoms with Crippen LogP contribution >= 0.6 is 0 Å². The maximum atomic E-state index is 14.0. The molecule has 0 radical (unpaired) electrons. The van der Waals surface area contributed by atoms with Gasteiger partial charge in [-0.2, -0.15) is 0 Å². The van der Waals surface area contributed by atoms with E-state index >= 15 is 0 Å². The van der Waals surface area contributed by atoms with Crippen LogP contribution in [0.15, 0.2) is 12.1 Å². The lowest BCUT2D eigenvalue weighted by molar-refractivity contribution is 0.0609. The largest absolute Gasteiger partial charge is 0.336 e. The minimum Gasteiger partial charge on any atom is -0.336 e. The number of hydrogen-bond donors (Lipinski definition) is 1. The standard InChI is InChI=1S/C14H18F2N2O/c1-8-3-4-11(15)12(13(8)16)14(19)18-6-5-10(17)7-9(18)2/h3-4,9-10H,5-7,17H2,1-2H3.